The Morgan fingerprint density at radius 3 is 2.33 bits per heavy atom. The van der Waals surface area contributed by atoms with Gasteiger partial charge in [0, 0.05) is 29.3 Å². The molecule has 1 heterocycles. The molecule has 0 aliphatic heterocycles. The molecule has 3 aromatic rings. The highest BCUT2D eigenvalue weighted by Crippen LogP contribution is 2.35. The highest BCUT2D eigenvalue weighted by molar-refractivity contribution is 6.26. The van der Waals surface area contributed by atoms with Gasteiger partial charge in [0.25, 0.3) is 0 Å². The number of aryl methyl sites for hydroxylation is 1. The van der Waals surface area contributed by atoms with Crippen LogP contribution in [-0.2, 0) is 16.1 Å². The molecule has 1 aromatic heterocycles. The van der Waals surface area contributed by atoms with E-state index in [-0.39, 0.29) is 0 Å². The largest absolute Gasteiger partial charge is 0.539 e. The number of methoxy groups -OCH3 is 1. The minimum Gasteiger partial charge on any atom is -0.539 e. The third-order valence-corrected chi connectivity index (χ3v) is 4.21. The molecule has 0 saturated heterocycles. The molecule has 0 atom stereocenters. The van der Waals surface area contributed by atoms with Crippen molar-refractivity contribution in [1.29, 1.82) is 0 Å². The van der Waals surface area contributed by atoms with Crippen molar-refractivity contribution < 1.29 is 29.4 Å². The van der Waals surface area contributed by atoms with Crippen LogP contribution in [0.2, 0.25) is 0 Å². The number of rotatable bonds is 5. The first-order valence-corrected chi connectivity index (χ1v) is 8.64. The van der Waals surface area contributed by atoms with E-state index in [1.807, 2.05) is 6.07 Å². The third-order valence-electron chi connectivity index (χ3n) is 4.21. The molecule has 0 amide bonds. The number of carboxylic acids is 2. The molecule has 0 aliphatic rings. The number of para-hydroxylation sites is 1. The van der Waals surface area contributed by atoms with Gasteiger partial charge in [-0.25, -0.2) is 4.79 Å². The zero-order chi connectivity index (χ0) is 20.0. The first-order valence-electron chi connectivity index (χ1n) is 8.64. The van der Waals surface area contributed by atoms with Gasteiger partial charge in [-0.3, -0.25) is 0 Å². The molecule has 144 valence electrons. The maximum Gasteiger partial charge on any atom is 0.351 e. The molecule has 7 nitrogen and oxygen atoms in total. The molecule has 0 saturated carbocycles. The quantitative estimate of drug-likeness (QED) is 0.622. The molecular formula is C20H24N2O5. The normalized spacial score (nSPS) is 10.7. The van der Waals surface area contributed by atoms with E-state index in [1.54, 1.807) is 7.11 Å². The van der Waals surface area contributed by atoms with Crippen molar-refractivity contribution in [2.24, 2.45) is 0 Å². The van der Waals surface area contributed by atoms with Gasteiger partial charge in [0.2, 0.25) is 0 Å². The highest BCUT2D eigenvalue weighted by atomic mass is 16.5. The number of nitrogens with zero attached hydrogens (tertiary/aromatic N) is 1. The van der Waals surface area contributed by atoms with Crippen molar-refractivity contribution in [2.45, 2.75) is 13.0 Å². The van der Waals surface area contributed by atoms with E-state index < -0.39 is 11.9 Å². The lowest BCUT2D eigenvalue weighted by atomic mass is 10.1. The molecule has 7 heteroatoms. The van der Waals surface area contributed by atoms with E-state index in [0.717, 1.165) is 12.3 Å². The summed E-state index contributed by atoms with van der Waals surface area (Å²) in [6.45, 7) is 2.22. The summed E-state index contributed by atoms with van der Waals surface area (Å²) in [6, 6.07) is 14.9. The molecular weight excluding hydrogens is 348 g/mol. The molecule has 0 radical (unpaired) electrons. The number of hydrogen-bond donors (Lipinski definition) is 2. The fraction of sp³-hybridized carbons (Fsp3) is 0.300. The van der Waals surface area contributed by atoms with Crippen LogP contribution in [0, 0.1) is 0 Å². The van der Waals surface area contributed by atoms with E-state index in [9.17, 15) is 0 Å². The third kappa shape index (κ3) is 4.77. The molecule has 0 unspecified atom stereocenters. The molecule has 0 aliphatic carbocycles. The first-order chi connectivity index (χ1) is 12.9. The second kappa shape index (κ2) is 9.05. The summed E-state index contributed by atoms with van der Waals surface area (Å²) in [7, 11) is 6.15. The number of carbonyl (C=O) groups excluding carboxylic acids is 1. The Morgan fingerprint density at radius 2 is 1.74 bits per heavy atom. The standard InChI is InChI=1S/C18H22N2O.C2H2O4/c1-19(2)12-7-13-20-15-9-5-4-8-14(15)18-16(20)10-6-11-17(18)21-3;3-1(4)2(5)6/h4-6,8-11H,7,12-13H2,1-3H3;(H,3,4)(H,5,6). The van der Waals surface area contributed by atoms with Crippen LogP contribution in [0.15, 0.2) is 42.5 Å². The van der Waals surface area contributed by atoms with Crippen LogP contribution in [0.5, 0.6) is 5.75 Å². The molecule has 0 bridgehead atoms. The Balaban J connectivity index is 0.000000380. The molecule has 0 spiro atoms. The maximum atomic E-state index is 9.04. The Labute approximate surface area is 157 Å². The average Bonchev–Trinajstić information content (AvgIpc) is 2.96. The summed E-state index contributed by atoms with van der Waals surface area (Å²) < 4.78 is 8.00. The van der Waals surface area contributed by atoms with Crippen LogP contribution in [0.3, 0.4) is 0 Å². The van der Waals surface area contributed by atoms with E-state index >= 15 is 0 Å². The van der Waals surface area contributed by atoms with Crippen molar-refractivity contribution in [2.75, 3.05) is 27.7 Å². The summed E-state index contributed by atoms with van der Waals surface area (Å²) in [4.78, 5) is 19.5. The number of aliphatic carboxylic acids is 2. The number of fused-ring (bicyclic) bond motifs is 3. The van der Waals surface area contributed by atoms with Gasteiger partial charge in [-0.1, -0.05) is 24.3 Å². The Bertz CT molecular complexity index is 934. The summed E-state index contributed by atoms with van der Waals surface area (Å²) in [6.07, 6.45) is 1.17. The maximum absolute atomic E-state index is 9.04. The number of aromatic nitrogens is 1. The lowest BCUT2D eigenvalue weighted by molar-refractivity contribution is -0.858. The zero-order valence-electron chi connectivity index (χ0n) is 15.7. The van der Waals surface area contributed by atoms with Crippen molar-refractivity contribution in [1.82, 2.24) is 4.57 Å². The van der Waals surface area contributed by atoms with Gasteiger partial charge in [0.15, 0.2) is 5.97 Å². The van der Waals surface area contributed by atoms with Crippen molar-refractivity contribution in [3.63, 3.8) is 0 Å². The zero-order valence-corrected chi connectivity index (χ0v) is 15.7. The van der Waals surface area contributed by atoms with E-state index in [0.29, 0.717) is 0 Å². The molecule has 2 N–H and O–H groups in total. The predicted molar refractivity (Wildman–Crippen MR) is 101 cm³/mol. The van der Waals surface area contributed by atoms with E-state index in [4.69, 9.17) is 24.5 Å². The van der Waals surface area contributed by atoms with Crippen molar-refractivity contribution in [3.05, 3.63) is 42.5 Å². The van der Waals surface area contributed by atoms with Gasteiger partial charge >= 0.3 is 5.97 Å². The minimum atomic E-state index is -2.07. The van der Waals surface area contributed by atoms with Gasteiger partial charge in [0.05, 0.1) is 33.3 Å². The van der Waals surface area contributed by atoms with E-state index in [1.165, 1.54) is 39.7 Å². The Morgan fingerprint density at radius 1 is 1.11 bits per heavy atom. The number of nitrogens with one attached hydrogen (secondary N) is 1. The van der Waals surface area contributed by atoms with Gasteiger partial charge in [-0.2, -0.15) is 0 Å². The number of carboxylic acid groups (broad SMARTS) is 2. The van der Waals surface area contributed by atoms with Crippen LogP contribution in [0.4, 0.5) is 0 Å². The summed E-state index contributed by atoms with van der Waals surface area (Å²) >= 11 is 0. The molecule has 2 aromatic carbocycles. The van der Waals surface area contributed by atoms with Crippen LogP contribution in [0.1, 0.15) is 6.42 Å². The van der Waals surface area contributed by atoms with Crippen molar-refractivity contribution in [3.8, 4) is 5.75 Å². The number of ether oxygens (including phenoxy) is 1. The average molecular weight is 372 g/mol. The topological polar surface area (TPSA) is 96.0 Å². The fourth-order valence-electron chi connectivity index (χ4n) is 3.07. The van der Waals surface area contributed by atoms with Gasteiger partial charge in [-0.05, 0) is 18.2 Å². The highest BCUT2D eigenvalue weighted by Gasteiger charge is 2.13. The van der Waals surface area contributed by atoms with Gasteiger partial charge < -0.3 is 29.2 Å². The number of carbonyl (C=O) groups is 2. The second-order valence-electron chi connectivity index (χ2n) is 6.43. The summed E-state index contributed by atoms with van der Waals surface area (Å²) in [5, 5.41) is 18.8. The Hall–Kier alpha value is -3.06. The second-order valence-corrected chi connectivity index (χ2v) is 6.43. The smallest absolute Gasteiger partial charge is 0.351 e. The van der Waals surface area contributed by atoms with Crippen LogP contribution < -0.4 is 14.7 Å². The monoisotopic (exact) mass is 372 g/mol. The van der Waals surface area contributed by atoms with Crippen LogP contribution in [0.25, 0.3) is 21.8 Å². The SMILES string of the molecule is COc1cccc2c1c1ccccc1n2CCC[NH+](C)C.O=C([O-])C(=O)O. The lowest BCUT2D eigenvalue weighted by Crippen LogP contribution is -3.05. The number of benzene rings is 2. The minimum absolute atomic E-state index is 0.959. The van der Waals surface area contributed by atoms with Gasteiger partial charge in [-0.15, -0.1) is 0 Å². The summed E-state index contributed by atoms with van der Waals surface area (Å²) in [5.74, 6) is -3.05. The van der Waals surface area contributed by atoms with E-state index in [2.05, 4.69) is 55.1 Å². The molecule has 27 heavy (non-hydrogen) atoms. The van der Waals surface area contributed by atoms with Gasteiger partial charge in [0.1, 0.15) is 5.75 Å². The first kappa shape index (κ1) is 20.3. The van der Waals surface area contributed by atoms with Crippen LogP contribution >= 0.6 is 0 Å². The van der Waals surface area contributed by atoms with Crippen LogP contribution in [-0.4, -0.2) is 49.4 Å². The summed E-state index contributed by atoms with van der Waals surface area (Å²) in [5.41, 5.74) is 2.56. The fourth-order valence-corrected chi connectivity index (χ4v) is 3.07. The number of quaternary nitrogens is 1. The Kier molecular flexibility index (Phi) is 6.79. The lowest BCUT2D eigenvalue weighted by Gasteiger charge is -2.10. The number of hydrogen-bond acceptors (Lipinski definition) is 4. The molecule has 0 fully saturated rings. The van der Waals surface area contributed by atoms with Crippen molar-refractivity contribution >= 4 is 33.7 Å². The molecule has 3 rings (SSSR count). The predicted octanol–water partition coefficient (Wildman–Crippen LogP) is 0.159.